The summed E-state index contributed by atoms with van der Waals surface area (Å²) in [6, 6.07) is 14.9. The van der Waals surface area contributed by atoms with E-state index < -0.39 is 0 Å². The first-order valence-electron chi connectivity index (χ1n) is 9.71. The van der Waals surface area contributed by atoms with Crippen molar-refractivity contribution in [1.82, 2.24) is 14.8 Å². The number of amides is 1. The molecule has 0 bridgehead atoms. The summed E-state index contributed by atoms with van der Waals surface area (Å²) in [7, 11) is 3.44. The smallest absolute Gasteiger partial charge is 0.234 e. The minimum absolute atomic E-state index is 0.157. The Hall–Kier alpha value is -3.46. The minimum Gasteiger partial charge on any atom is -0.493 e. The molecule has 0 radical (unpaired) electrons. The Morgan fingerprint density at radius 1 is 1.16 bits per heavy atom. The number of thioether (sulfide) groups is 1. The number of fused-ring (bicyclic) bond motifs is 1. The van der Waals surface area contributed by atoms with Crippen molar-refractivity contribution in [3.8, 4) is 23.1 Å². The molecule has 0 atom stereocenters. The number of carbonyl (C=O) groups excluding carboxylic acids is 1. The van der Waals surface area contributed by atoms with Gasteiger partial charge in [0.05, 0.1) is 25.2 Å². The quantitative estimate of drug-likeness (QED) is 0.409. The Bertz CT molecular complexity index is 1220. The van der Waals surface area contributed by atoms with E-state index in [0.29, 0.717) is 46.1 Å². The molecule has 0 aliphatic heterocycles. The van der Waals surface area contributed by atoms with Gasteiger partial charge in [-0.3, -0.25) is 4.79 Å². The number of benzene rings is 2. The van der Waals surface area contributed by atoms with Crippen LogP contribution in [-0.4, -0.2) is 40.1 Å². The van der Waals surface area contributed by atoms with Gasteiger partial charge in [0.15, 0.2) is 28.1 Å². The van der Waals surface area contributed by atoms with Crippen LogP contribution in [0, 0.1) is 0 Å². The molecule has 0 aliphatic carbocycles. The summed E-state index contributed by atoms with van der Waals surface area (Å²) in [6.07, 6.45) is 0. The van der Waals surface area contributed by atoms with Crippen LogP contribution < -0.4 is 14.8 Å². The van der Waals surface area contributed by atoms with Crippen molar-refractivity contribution in [3.63, 3.8) is 0 Å². The fourth-order valence-electron chi connectivity index (χ4n) is 3.13. The van der Waals surface area contributed by atoms with Crippen LogP contribution in [0.1, 0.15) is 6.92 Å². The molecule has 0 spiro atoms. The maximum atomic E-state index is 12.4. The molecule has 2 heterocycles. The second-order valence-corrected chi connectivity index (χ2v) is 7.56. The van der Waals surface area contributed by atoms with Crippen LogP contribution >= 0.6 is 11.8 Å². The third kappa shape index (κ3) is 4.36. The van der Waals surface area contributed by atoms with Gasteiger partial charge in [0, 0.05) is 12.4 Å². The Labute approximate surface area is 183 Å². The number of furan rings is 1. The fraction of sp³-hybridized carbons (Fsp3) is 0.227. The molecule has 0 unspecified atom stereocenters. The lowest BCUT2D eigenvalue weighted by Gasteiger charge is -2.10. The molecule has 4 aromatic rings. The maximum Gasteiger partial charge on any atom is 0.234 e. The van der Waals surface area contributed by atoms with Crippen LogP contribution in [0.5, 0.6) is 11.5 Å². The lowest BCUT2D eigenvalue weighted by molar-refractivity contribution is -0.113. The van der Waals surface area contributed by atoms with Crippen molar-refractivity contribution in [2.75, 3.05) is 24.8 Å². The van der Waals surface area contributed by atoms with E-state index in [1.807, 2.05) is 62.5 Å². The zero-order valence-corrected chi connectivity index (χ0v) is 18.2. The van der Waals surface area contributed by atoms with Gasteiger partial charge in [-0.15, -0.1) is 10.2 Å². The first-order chi connectivity index (χ1) is 15.1. The van der Waals surface area contributed by atoms with Gasteiger partial charge >= 0.3 is 0 Å². The first-order valence-corrected chi connectivity index (χ1v) is 10.7. The highest BCUT2D eigenvalue weighted by atomic mass is 32.2. The first kappa shape index (κ1) is 20.8. The SMILES string of the molecule is CCOc1ccccc1NC(=O)CSc1nnc(-c2cc3cccc(OC)c3o2)n1C. The number of aromatic nitrogens is 3. The molecule has 0 saturated carbocycles. The number of methoxy groups -OCH3 is 1. The van der Waals surface area contributed by atoms with Gasteiger partial charge in [0.25, 0.3) is 0 Å². The molecular weight excluding hydrogens is 416 g/mol. The number of hydrogen-bond acceptors (Lipinski definition) is 7. The van der Waals surface area contributed by atoms with Crippen LogP contribution in [0.15, 0.2) is 58.1 Å². The van der Waals surface area contributed by atoms with Gasteiger partial charge in [-0.1, -0.05) is 36.0 Å². The third-order valence-corrected chi connectivity index (χ3v) is 5.60. The molecule has 1 amide bonds. The van der Waals surface area contributed by atoms with E-state index in [4.69, 9.17) is 13.9 Å². The van der Waals surface area contributed by atoms with Gasteiger partial charge in [-0.25, -0.2) is 0 Å². The molecule has 0 fully saturated rings. The number of hydrogen-bond donors (Lipinski definition) is 1. The number of anilines is 1. The second kappa shape index (κ2) is 9.13. The van der Waals surface area contributed by atoms with Gasteiger partial charge < -0.3 is 23.8 Å². The van der Waals surface area contributed by atoms with E-state index >= 15 is 0 Å². The van der Waals surface area contributed by atoms with Crippen LogP contribution in [0.2, 0.25) is 0 Å². The van der Waals surface area contributed by atoms with Gasteiger partial charge in [-0.05, 0) is 31.2 Å². The van der Waals surface area contributed by atoms with Gasteiger partial charge in [-0.2, -0.15) is 0 Å². The minimum atomic E-state index is -0.157. The van der Waals surface area contributed by atoms with E-state index in [-0.39, 0.29) is 11.7 Å². The van der Waals surface area contributed by atoms with Crippen molar-refractivity contribution < 1.29 is 18.7 Å². The average molecular weight is 439 g/mol. The summed E-state index contributed by atoms with van der Waals surface area (Å²) >= 11 is 1.29. The molecule has 2 aromatic heterocycles. The molecule has 4 rings (SSSR count). The topological polar surface area (TPSA) is 91.4 Å². The van der Waals surface area contributed by atoms with E-state index in [2.05, 4.69) is 15.5 Å². The van der Waals surface area contributed by atoms with Crippen LogP contribution in [0.3, 0.4) is 0 Å². The summed E-state index contributed by atoms with van der Waals surface area (Å²) in [4.78, 5) is 12.4. The predicted octanol–water partition coefficient (Wildman–Crippen LogP) is 4.37. The molecule has 160 valence electrons. The summed E-state index contributed by atoms with van der Waals surface area (Å²) < 4.78 is 18.7. The molecule has 2 aromatic carbocycles. The number of nitrogens with one attached hydrogen (secondary N) is 1. The summed E-state index contributed by atoms with van der Waals surface area (Å²) in [5.74, 6) is 2.48. The van der Waals surface area contributed by atoms with Crippen molar-refractivity contribution >= 4 is 34.3 Å². The van der Waals surface area contributed by atoms with Crippen LogP contribution in [-0.2, 0) is 11.8 Å². The van der Waals surface area contributed by atoms with Crippen molar-refractivity contribution in [2.45, 2.75) is 12.1 Å². The Balaban J connectivity index is 1.46. The largest absolute Gasteiger partial charge is 0.493 e. The Kier molecular flexibility index (Phi) is 6.13. The van der Waals surface area contributed by atoms with E-state index in [9.17, 15) is 4.79 Å². The number of nitrogens with zero attached hydrogens (tertiary/aromatic N) is 3. The Morgan fingerprint density at radius 3 is 2.77 bits per heavy atom. The highest BCUT2D eigenvalue weighted by molar-refractivity contribution is 7.99. The van der Waals surface area contributed by atoms with Gasteiger partial charge in [0.1, 0.15) is 5.75 Å². The molecule has 0 saturated heterocycles. The molecular formula is C22H22N4O4S. The normalized spacial score (nSPS) is 10.9. The zero-order valence-electron chi connectivity index (χ0n) is 17.4. The molecule has 1 N–H and O–H groups in total. The lowest BCUT2D eigenvalue weighted by atomic mass is 10.2. The Morgan fingerprint density at radius 2 is 1.97 bits per heavy atom. The standard InChI is InChI=1S/C22H22N4O4S/c1-4-29-16-10-6-5-9-15(16)23-19(27)13-31-22-25-24-21(26(22)2)18-12-14-8-7-11-17(28-3)20(14)30-18/h5-12H,4,13H2,1-3H3,(H,23,27). The molecule has 8 nitrogen and oxygen atoms in total. The highest BCUT2D eigenvalue weighted by Gasteiger charge is 2.18. The van der Waals surface area contributed by atoms with Crippen molar-refractivity contribution in [3.05, 3.63) is 48.5 Å². The molecule has 9 heteroatoms. The maximum absolute atomic E-state index is 12.4. The van der Waals surface area contributed by atoms with Gasteiger partial charge in [0.2, 0.25) is 5.91 Å². The average Bonchev–Trinajstić information content (AvgIpc) is 3.36. The number of para-hydroxylation sites is 3. The van der Waals surface area contributed by atoms with E-state index in [0.717, 1.165) is 5.39 Å². The second-order valence-electron chi connectivity index (χ2n) is 6.62. The van der Waals surface area contributed by atoms with Crippen LogP contribution in [0.25, 0.3) is 22.6 Å². The lowest BCUT2D eigenvalue weighted by Crippen LogP contribution is -2.15. The number of ether oxygens (including phenoxy) is 2. The van der Waals surface area contributed by atoms with Crippen molar-refractivity contribution in [1.29, 1.82) is 0 Å². The number of carbonyl (C=O) groups is 1. The predicted molar refractivity (Wildman–Crippen MR) is 120 cm³/mol. The summed E-state index contributed by atoms with van der Waals surface area (Å²) in [5.41, 5.74) is 1.30. The van der Waals surface area contributed by atoms with E-state index in [1.54, 1.807) is 11.7 Å². The summed E-state index contributed by atoms with van der Waals surface area (Å²) in [5, 5.41) is 12.9. The molecule has 0 aliphatic rings. The van der Waals surface area contributed by atoms with Crippen LogP contribution in [0.4, 0.5) is 5.69 Å². The summed E-state index contributed by atoms with van der Waals surface area (Å²) in [6.45, 7) is 2.43. The fourth-order valence-corrected chi connectivity index (χ4v) is 3.84. The van der Waals surface area contributed by atoms with E-state index in [1.165, 1.54) is 11.8 Å². The number of rotatable bonds is 8. The van der Waals surface area contributed by atoms with Crippen molar-refractivity contribution in [2.24, 2.45) is 7.05 Å². The monoisotopic (exact) mass is 438 g/mol. The third-order valence-electron chi connectivity index (χ3n) is 4.58. The molecule has 31 heavy (non-hydrogen) atoms. The highest BCUT2D eigenvalue weighted by Crippen LogP contribution is 2.33. The zero-order chi connectivity index (χ0) is 21.8.